The van der Waals surface area contributed by atoms with Gasteiger partial charge in [0.15, 0.2) is 0 Å². The minimum atomic E-state index is -3.29. The molecule has 1 aliphatic heterocycles. The van der Waals surface area contributed by atoms with Gasteiger partial charge in [0.2, 0.25) is 16.1 Å². The Morgan fingerprint density at radius 3 is 2.30 bits per heavy atom. The average molecular weight is 475 g/mol. The second-order valence-electron chi connectivity index (χ2n) is 7.72. The first-order chi connectivity index (χ1) is 15.9. The Kier molecular flexibility index (Phi) is 8.46. The largest absolute Gasteiger partial charge is 0.492 e. The number of piperidine rings is 1. The summed E-state index contributed by atoms with van der Waals surface area (Å²) in [5, 5.41) is 2.81. The van der Waals surface area contributed by atoms with Gasteiger partial charge in [0.1, 0.15) is 5.75 Å². The van der Waals surface area contributed by atoms with E-state index in [0.717, 1.165) is 0 Å². The van der Waals surface area contributed by atoms with E-state index in [0.29, 0.717) is 36.4 Å². The molecule has 2 aromatic rings. The number of nitrogens with zero attached hydrogens (tertiary/aromatic N) is 1. The van der Waals surface area contributed by atoms with Gasteiger partial charge >= 0.3 is 5.97 Å². The van der Waals surface area contributed by atoms with Gasteiger partial charge < -0.3 is 14.8 Å². The predicted octanol–water partition coefficient (Wildman–Crippen LogP) is 3.37. The number of hydrogen-bond donors (Lipinski definition) is 1. The summed E-state index contributed by atoms with van der Waals surface area (Å²) in [4.78, 5) is 26.1. The summed E-state index contributed by atoms with van der Waals surface area (Å²) in [6.07, 6.45) is -0.436. The van der Waals surface area contributed by atoms with Crippen molar-refractivity contribution in [3.8, 4) is 5.75 Å². The topological polar surface area (TPSA) is 102 Å². The zero-order valence-corrected chi connectivity index (χ0v) is 19.7. The number of carbonyl (C=O) groups is 2. The first-order valence-electron chi connectivity index (χ1n) is 11.1. The van der Waals surface area contributed by atoms with Crippen molar-refractivity contribution < 1.29 is 27.5 Å². The van der Waals surface area contributed by atoms with Gasteiger partial charge in [0.05, 0.1) is 24.0 Å². The molecule has 1 heterocycles. The Labute approximate surface area is 194 Å². The monoisotopic (exact) mass is 474 g/mol. The molecule has 8 nitrogen and oxygen atoms in total. The number of carbonyl (C=O) groups excluding carboxylic acids is 2. The molecule has 1 amide bonds. The molecule has 0 saturated carbocycles. The molecular weight excluding hydrogens is 444 g/mol. The van der Waals surface area contributed by atoms with E-state index in [1.165, 1.54) is 4.31 Å². The molecule has 1 saturated heterocycles. The Morgan fingerprint density at radius 1 is 1.03 bits per heavy atom. The summed E-state index contributed by atoms with van der Waals surface area (Å²) in [5.74, 6) is -0.918. The number of ether oxygens (including phenoxy) is 2. The standard InChI is InChI=1S/C24H30N2O6S/c1-3-31-21-13-9-8-12-20(21)25-23(27)22(18-10-6-5-7-11-18)32-24(28)19-14-16-26(17-15-19)33(29,30)4-2/h5-13,19,22H,3-4,14-17H2,1-2H3,(H,25,27). The van der Waals surface area contributed by atoms with E-state index in [9.17, 15) is 18.0 Å². The van der Waals surface area contributed by atoms with Crippen molar-refractivity contribution >= 4 is 27.6 Å². The number of benzene rings is 2. The van der Waals surface area contributed by atoms with Crippen LogP contribution in [-0.2, 0) is 24.3 Å². The molecule has 2 aromatic carbocycles. The van der Waals surface area contributed by atoms with Crippen LogP contribution in [0.5, 0.6) is 5.75 Å². The SMILES string of the molecule is CCOc1ccccc1NC(=O)C(OC(=O)C1CCN(S(=O)(=O)CC)CC1)c1ccccc1. The van der Waals surface area contributed by atoms with Crippen LogP contribution in [0.4, 0.5) is 5.69 Å². The van der Waals surface area contributed by atoms with Gasteiger partial charge in [-0.25, -0.2) is 12.7 Å². The number of nitrogens with one attached hydrogen (secondary N) is 1. The molecule has 3 rings (SSSR count). The van der Waals surface area contributed by atoms with Crippen LogP contribution >= 0.6 is 0 Å². The second-order valence-corrected chi connectivity index (χ2v) is 9.98. The molecule has 0 aromatic heterocycles. The Balaban J connectivity index is 1.73. The van der Waals surface area contributed by atoms with Crippen molar-refractivity contribution in [1.29, 1.82) is 0 Å². The fourth-order valence-electron chi connectivity index (χ4n) is 3.71. The fourth-order valence-corrected chi connectivity index (χ4v) is 4.85. The van der Waals surface area contributed by atoms with Crippen molar-refractivity contribution in [3.05, 3.63) is 60.2 Å². The van der Waals surface area contributed by atoms with Crippen LogP contribution in [0.15, 0.2) is 54.6 Å². The number of hydrogen-bond acceptors (Lipinski definition) is 6. The fraction of sp³-hybridized carbons (Fsp3) is 0.417. The van der Waals surface area contributed by atoms with Crippen LogP contribution in [0.3, 0.4) is 0 Å². The molecule has 0 radical (unpaired) electrons. The van der Waals surface area contributed by atoms with Crippen molar-refractivity contribution in [3.63, 3.8) is 0 Å². The lowest BCUT2D eigenvalue weighted by Gasteiger charge is -2.30. The molecule has 1 fully saturated rings. The van der Waals surface area contributed by atoms with Crippen LogP contribution < -0.4 is 10.1 Å². The van der Waals surface area contributed by atoms with Crippen molar-refractivity contribution in [2.45, 2.75) is 32.8 Å². The Hall–Kier alpha value is -2.91. The molecule has 0 bridgehead atoms. The average Bonchev–Trinajstić information content (AvgIpc) is 2.84. The zero-order chi connectivity index (χ0) is 23.8. The molecule has 0 spiro atoms. The summed E-state index contributed by atoms with van der Waals surface area (Å²) < 4.78 is 36.8. The maximum atomic E-state index is 13.2. The molecular formula is C24H30N2O6S. The Morgan fingerprint density at radius 2 is 1.67 bits per heavy atom. The van der Waals surface area contributed by atoms with Crippen LogP contribution in [0.1, 0.15) is 38.4 Å². The maximum absolute atomic E-state index is 13.2. The number of esters is 1. The molecule has 1 N–H and O–H groups in total. The van der Waals surface area contributed by atoms with E-state index in [1.807, 2.05) is 13.0 Å². The molecule has 9 heteroatoms. The van der Waals surface area contributed by atoms with Gasteiger partial charge in [0, 0.05) is 18.7 Å². The third kappa shape index (κ3) is 6.33. The van der Waals surface area contributed by atoms with Crippen molar-refractivity contribution in [1.82, 2.24) is 4.31 Å². The van der Waals surface area contributed by atoms with E-state index < -0.39 is 33.9 Å². The lowest BCUT2D eigenvalue weighted by Crippen LogP contribution is -2.41. The zero-order valence-electron chi connectivity index (χ0n) is 18.9. The summed E-state index contributed by atoms with van der Waals surface area (Å²) in [6.45, 7) is 4.42. The van der Waals surface area contributed by atoms with Gasteiger partial charge in [-0.1, -0.05) is 42.5 Å². The summed E-state index contributed by atoms with van der Waals surface area (Å²) in [6, 6.07) is 15.9. The highest BCUT2D eigenvalue weighted by molar-refractivity contribution is 7.89. The summed E-state index contributed by atoms with van der Waals surface area (Å²) in [7, 11) is -3.29. The lowest BCUT2D eigenvalue weighted by atomic mass is 9.98. The van der Waals surface area contributed by atoms with E-state index >= 15 is 0 Å². The highest BCUT2D eigenvalue weighted by Gasteiger charge is 2.34. The number of rotatable bonds is 9. The van der Waals surface area contributed by atoms with Crippen LogP contribution in [0.25, 0.3) is 0 Å². The van der Waals surface area contributed by atoms with E-state index in [4.69, 9.17) is 9.47 Å². The predicted molar refractivity (Wildman–Crippen MR) is 125 cm³/mol. The highest BCUT2D eigenvalue weighted by atomic mass is 32.2. The van der Waals surface area contributed by atoms with Crippen LogP contribution in [0.2, 0.25) is 0 Å². The number of para-hydroxylation sites is 2. The minimum absolute atomic E-state index is 0.0294. The van der Waals surface area contributed by atoms with Crippen LogP contribution in [-0.4, -0.2) is 50.0 Å². The highest BCUT2D eigenvalue weighted by Crippen LogP contribution is 2.29. The van der Waals surface area contributed by atoms with E-state index in [2.05, 4.69) is 5.32 Å². The number of amides is 1. The minimum Gasteiger partial charge on any atom is -0.492 e. The van der Waals surface area contributed by atoms with Gasteiger partial charge in [-0.05, 0) is 38.8 Å². The maximum Gasteiger partial charge on any atom is 0.310 e. The molecule has 0 aliphatic carbocycles. The normalized spacial score (nSPS) is 16.1. The van der Waals surface area contributed by atoms with Crippen molar-refractivity contribution in [2.24, 2.45) is 5.92 Å². The third-order valence-corrected chi connectivity index (χ3v) is 7.45. The Bertz CT molecular complexity index is 1050. The number of sulfonamides is 1. The second kappa shape index (κ2) is 11.3. The quantitative estimate of drug-likeness (QED) is 0.559. The summed E-state index contributed by atoms with van der Waals surface area (Å²) >= 11 is 0. The van der Waals surface area contributed by atoms with E-state index in [1.54, 1.807) is 55.5 Å². The smallest absolute Gasteiger partial charge is 0.310 e. The first-order valence-corrected chi connectivity index (χ1v) is 12.7. The summed E-state index contributed by atoms with van der Waals surface area (Å²) in [5.41, 5.74) is 1.03. The van der Waals surface area contributed by atoms with Crippen molar-refractivity contribution in [2.75, 3.05) is 30.8 Å². The lowest BCUT2D eigenvalue weighted by molar-refractivity contribution is -0.160. The third-order valence-electron chi connectivity index (χ3n) is 5.56. The van der Waals surface area contributed by atoms with Gasteiger partial charge in [-0.2, -0.15) is 0 Å². The van der Waals surface area contributed by atoms with Gasteiger partial charge in [-0.15, -0.1) is 0 Å². The molecule has 1 aliphatic rings. The van der Waals surface area contributed by atoms with Gasteiger partial charge in [-0.3, -0.25) is 9.59 Å². The molecule has 178 valence electrons. The van der Waals surface area contributed by atoms with Crippen LogP contribution in [0, 0.1) is 5.92 Å². The number of anilines is 1. The molecule has 1 unspecified atom stereocenters. The van der Waals surface area contributed by atoms with Gasteiger partial charge in [0.25, 0.3) is 5.91 Å². The molecule has 33 heavy (non-hydrogen) atoms. The first kappa shape index (κ1) is 24.7. The molecule has 1 atom stereocenters. The van der Waals surface area contributed by atoms with E-state index in [-0.39, 0.29) is 18.8 Å².